The monoisotopic (exact) mass is 377 g/mol. The van der Waals surface area contributed by atoms with E-state index in [0.29, 0.717) is 14.4 Å². The normalized spacial score (nSPS) is 17.1. The second-order valence-electron chi connectivity index (χ2n) is 7.33. The summed E-state index contributed by atoms with van der Waals surface area (Å²) in [5, 5.41) is 2.96. The highest BCUT2D eigenvalue weighted by molar-refractivity contribution is 7.38. The van der Waals surface area contributed by atoms with Gasteiger partial charge in [-0.15, -0.1) is 0 Å². The summed E-state index contributed by atoms with van der Waals surface area (Å²) in [6.45, 7) is 11.0. The summed E-state index contributed by atoms with van der Waals surface area (Å²) in [6.07, 6.45) is 6.86. The molecule has 140 valence electrons. The molecule has 0 saturated carbocycles. The minimum atomic E-state index is 0.0219. The van der Waals surface area contributed by atoms with E-state index in [-0.39, 0.29) is 5.91 Å². The fraction of sp³-hybridized carbons (Fsp3) is 0.292. The highest BCUT2D eigenvalue weighted by Crippen LogP contribution is 2.31. The summed E-state index contributed by atoms with van der Waals surface area (Å²) in [5.74, 6) is 0.0219. The average molecular weight is 377 g/mol. The lowest BCUT2D eigenvalue weighted by molar-refractivity contribution is -0.114. The first-order valence-corrected chi connectivity index (χ1v) is 10.7. The Labute approximate surface area is 164 Å². The van der Waals surface area contributed by atoms with Crippen LogP contribution in [0, 0.1) is 13.8 Å². The maximum absolute atomic E-state index is 11.4. The number of amides is 1. The molecular weight excluding hydrogens is 349 g/mol. The number of carbonyl (C=O) groups excluding carboxylic acids is 1. The quantitative estimate of drug-likeness (QED) is 0.661. The molecule has 0 bridgehead atoms. The van der Waals surface area contributed by atoms with Crippen LogP contribution in [-0.4, -0.2) is 11.6 Å². The van der Waals surface area contributed by atoms with E-state index in [1.165, 1.54) is 33.4 Å². The summed E-state index contributed by atoms with van der Waals surface area (Å²) in [7, 11) is 0.448. The lowest BCUT2D eigenvalue weighted by Gasteiger charge is -2.20. The summed E-state index contributed by atoms with van der Waals surface area (Å²) in [6, 6.07) is 13.2. The van der Waals surface area contributed by atoms with Crippen molar-refractivity contribution >= 4 is 20.2 Å². The van der Waals surface area contributed by atoms with Crippen LogP contribution in [0.5, 0.6) is 0 Å². The first-order valence-electron chi connectivity index (χ1n) is 9.60. The highest BCUT2D eigenvalue weighted by atomic mass is 31.1. The minimum absolute atomic E-state index is 0.0219. The van der Waals surface area contributed by atoms with E-state index in [9.17, 15) is 4.79 Å². The van der Waals surface area contributed by atoms with Gasteiger partial charge in [-0.3, -0.25) is 4.79 Å². The molecule has 2 unspecified atom stereocenters. The molecule has 2 aromatic carbocycles. The van der Waals surface area contributed by atoms with Crippen LogP contribution in [0.3, 0.4) is 0 Å². The van der Waals surface area contributed by atoms with Crippen LogP contribution in [0.2, 0.25) is 0 Å². The first kappa shape index (κ1) is 19.6. The molecule has 1 amide bonds. The number of aryl methyl sites for hydroxylation is 2. The van der Waals surface area contributed by atoms with E-state index in [2.05, 4.69) is 68.8 Å². The number of nitrogens with one attached hydrogen (secondary N) is 1. The van der Waals surface area contributed by atoms with Gasteiger partial charge in [-0.05, 0) is 74.9 Å². The van der Waals surface area contributed by atoms with Crippen molar-refractivity contribution < 1.29 is 4.79 Å². The van der Waals surface area contributed by atoms with E-state index < -0.39 is 0 Å². The molecule has 0 aliphatic carbocycles. The molecule has 0 saturated heterocycles. The predicted molar refractivity (Wildman–Crippen MR) is 118 cm³/mol. The van der Waals surface area contributed by atoms with E-state index in [1.54, 1.807) is 6.08 Å². The predicted octanol–water partition coefficient (Wildman–Crippen LogP) is 5.51. The number of benzene rings is 2. The molecule has 1 N–H and O–H groups in total. The van der Waals surface area contributed by atoms with Crippen LogP contribution in [-0.2, 0) is 17.6 Å². The van der Waals surface area contributed by atoms with E-state index in [1.807, 2.05) is 6.08 Å². The Balaban J connectivity index is 1.95. The number of rotatable bonds is 6. The van der Waals surface area contributed by atoms with Gasteiger partial charge in [0.05, 0.1) is 0 Å². The van der Waals surface area contributed by atoms with Crippen molar-refractivity contribution in [2.75, 3.05) is 0 Å². The van der Waals surface area contributed by atoms with Gasteiger partial charge in [-0.25, -0.2) is 0 Å². The molecule has 2 aromatic rings. The molecule has 2 nitrogen and oxygen atoms in total. The summed E-state index contributed by atoms with van der Waals surface area (Å²) < 4.78 is 0. The minimum Gasteiger partial charge on any atom is -0.334 e. The number of hydrogen-bond acceptors (Lipinski definition) is 1. The molecule has 0 radical (unpaired) electrons. The van der Waals surface area contributed by atoms with Gasteiger partial charge in [0, 0.05) is 5.66 Å². The second kappa shape index (κ2) is 8.67. The lowest BCUT2D eigenvalue weighted by atomic mass is 9.88. The smallest absolute Gasteiger partial charge is 0.246 e. The lowest BCUT2D eigenvalue weighted by Crippen LogP contribution is -2.21. The fourth-order valence-corrected chi connectivity index (χ4v) is 4.48. The Morgan fingerprint density at radius 3 is 2.56 bits per heavy atom. The first-order chi connectivity index (χ1) is 13.0. The van der Waals surface area contributed by atoms with Gasteiger partial charge >= 0.3 is 0 Å². The Kier molecular flexibility index (Phi) is 6.29. The summed E-state index contributed by atoms with van der Waals surface area (Å²) in [4.78, 5) is 11.4. The maximum atomic E-state index is 11.4. The third-order valence-corrected chi connectivity index (χ3v) is 6.29. The van der Waals surface area contributed by atoms with Gasteiger partial charge in [0.25, 0.3) is 0 Å². The molecule has 0 spiro atoms. The van der Waals surface area contributed by atoms with Crippen LogP contribution >= 0.6 is 8.73 Å². The molecule has 3 heteroatoms. The van der Waals surface area contributed by atoms with Crippen molar-refractivity contribution in [1.82, 2.24) is 5.09 Å². The fourth-order valence-electron chi connectivity index (χ4n) is 3.54. The van der Waals surface area contributed by atoms with Crippen molar-refractivity contribution in [3.05, 3.63) is 88.5 Å². The summed E-state index contributed by atoms with van der Waals surface area (Å²) >= 11 is 0. The zero-order valence-electron chi connectivity index (χ0n) is 16.4. The zero-order chi connectivity index (χ0) is 19.4. The molecular formula is C24H28NOP. The average Bonchev–Trinajstić information content (AvgIpc) is 2.66. The van der Waals surface area contributed by atoms with Gasteiger partial charge in [0.1, 0.15) is 0 Å². The molecule has 1 aliphatic heterocycles. The Morgan fingerprint density at radius 1 is 1.19 bits per heavy atom. The number of carbonyl (C=O) groups is 1. The SMILES string of the molecule is C=C(c1ccc(C)cc1)c1cc(CC2C=CC(=O)NP2)cc(CCC)c1C. The molecule has 3 rings (SSSR count). The number of allylic oxidation sites excluding steroid dienone is 1. The van der Waals surface area contributed by atoms with Crippen LogP contribution < -0.4 is 5.09 Å². The van der Waals surface area contributed by atoms with Gasteiger partial charge in [0.2, 0.25) is 5.91 Å². The van der Waals surface area contributed by atoms with Crippen molar-refractivity contribution in [2.45, 2.75) is 45.7 Å². The molecule has 1 aliphatic rings. The standard InChI is InChI=1S/C24H28NOP/c1-5-6-21-13-19(14-22-11-12-24(26)25-27-22)15-23(18(21)4)17(3)20-9-7-16(2)8-10-20/h7-13,15,22,27H,3,5-6,14H2,1-2,4H3,(H,25,26). The third-order valence-electron chi connectivity index (χ3n) is 5.14. The number of hydrogen-bond donors (Lipinski definition) is 1. The Hall–Kier alpha value is -2.18. The Bertz CT molecular complexity index is 880. The van der Waals surface area contributed by atoms with Crippen LogP contribution in [0.25, 0.3) is 5.57 Å². The second-order valence-corrected chi connectivity index (χ2v) is 8.61. The highest BCUT2D eigenvalue weighted by Gasteiger charge is 2.16. The van der Waals surface area contributed by atoms with Gasteiger partial charge in [-0.2, -0.15) is 0 Å². The third kappa shape index (κ3) is 4.76. The van der Waals surface area contributed by atoms with Crippen LogP contribution in [0.1, 0.15) is 46.7 Å². The zero-order valence-corrected chi connectivity index (χ0v) is 17.4. The van der Waals surface area contributed by atoms with Crippen LogP contribution in [0.15, 0.2) is 55.1 Å². The maximum Gasteiger partial charge on any atom is 0.246 e. The largest absolute Gasteiger partial charge is 0.334 e. The topological polar surface area (TPSA) is 29.1 Å². The molecule has 1 heterocycles. The Morgan fingerprint density at radius 2 is 1.93 bits per heavy atom. The van der Waals surface area contributed by atoms with Crippen molar-refractivity contribution in [3.8, 4) is 0 Å². The van der Waals surface area contributed by atoms with Gasteiger partial charge < -0.3 is 5.09 Å². The molecule has 0 fully saturated rings. The molecule has 0 aromatic heterocycles. The molecule has 2 atom stereocenters. The van der Waals surface area contributed by atoms with E-state index in [4.69, 9.17) is 0 Å². The summed E-state index contributed by atoms with van der Waals surface area (Å²) in [5.41, 5.74) is 9.21. The van der Waals surface area contributed by atoms with Crippen molar-refractivity contribution in [2.24, 2.45) is 0 Å². The van der Waals surface area contributed by atoms with E-state index >= 15 is 0 Å². The van der Waals surface area contributed by atoms with E-state index in [0.717, 1.165) is 24.8 Å². The van der Waals surface area contributed by atoms with Crippen molar-refractivity contribution in [3.63, 3.8) is 0 Å². The van der Waals surface area contributed by atoms with Gasteiger partial charge in [-0.1, -0.05) is 68.0 Å². The van der Waals surface area contributed by atoms with Crippen molar-refractivity contribution in [1.29, 1.82) is 0 Å². The van der Waals surface area contributed by atoms with Gasteiger partial charge in [0.15, 0.2) is 0 Å². The van der Waals surface area contributed by atoms with Crippen LogP contribution in [0.4, 0.5) is 0 Å². The molecule has 27 heavy (non-hydrogen) atoms.